The molecule has 2 rings (SSSR count). The number of carbonyl (C=O) groups excluding carboxylic acids is 1. The maximum absolute atomic E-state index is 10.4. The van der Waals surface area contributed by atoms with E-state index in [-0.39, 0.29) is 0 Å². The molecule has 2 aromatic rings. The van der Waals surface area contributed by atoms with Gasteiger partial charge < -0.3 is 4.79 Å². The molecule has 1 aromatic heterocycles. The lowest BCUT2D eigenvalue weighted by Crippen LogP contribution is -1.92. The number of hydrogen-bond donors (Lipinski definition) is 0. The van der Waals surface area contributed by atoms with Crippen LogP contribution in [-0.4, -0.2) is 11.3 Å². The summed E-state index contributed by atoms with van der Waals surface area (Å²) in [5.41, 5.74) is 2.77. The van der Waals surface area contributed by atoms with Gasteiger partial charge in [-0.2, -0.15) is 0 Å². The second-order valence-electron chi connectivity index (χ2n) is 3.46. The second kappa shape index (κ2) is 3.99. The van der Waals surface area contributed by atoms with Crippen molar-refractivity contribution in [2.75, 3.05) is 0 Å². The highest BCUT2D eigenvalue weighted by atomic mass is 35.5. The minimum Gasteiger partial charge on any atom is -0.303 e. The molecule has 0 bridgehead atoms. The molecule has 0 saturated carbocycles. The number of para-hydroxylation sites is 1. The molecule has 1 aromatic carbocycles. The van der Waals surface area contributed by atoms with Crippen LogP contribution in [0.4, 0.5) is 0 Å². The molecule has 0 unspecified atom stereocenters. The maximum atomic E-state index is 10.4. The number of carbonyl (C=O) groups is 1. The summed E-state index contributed by atoms with van der Waals surface area (Å²) in [6, 6.07) is 7.86. The van der Waals surface area contributed by atoms with E-state index >= 15 is 0 Å². The smallest absolute Gasteiger partial charge is 0.133 e. The van der Waals surface area contributed by atoms with Crippen LogP contribution in [0.2, 0.25) is 5.15 Å². The molecular weight excluding hydrogens is 210 g/mol. The van der Waals surface area contributed by atoms with Gasteiger partial charge >= 0.3 is 0 Å². The first kappa shape index (κ1) is 10.1. The second-order valence-corrected chi connectivity index (χ2v) is 3.81. The fraction of sp³-hybridized carbons (Fsp3) is 0.167. The SMILES string of the molecule is Cc1cccc2cc(CC=O)c(Cl)nc12. The Balaban J connectivity index is 2.70. The fourth-order valence-electron chi connectivity index (χ4n) is 1.60. The summed E-state index contributed by atoms with van der Waals surface area (Å²) < 4.78 is 0. The zero-order valence-electron chi connectivity index (χ0n) is 8.33. The zero-order chi connectivity index (χ0) is 10.8. The minimum absolute atomic E-state index is 0.315. The Hall–Kier alpha value is -1.41. The maximum Gasteiger partial charge on any atom is 0.133 e. The minimum atomic E-state index is 0.315. The van der Waals surface area contributed by atoms with Crippen LogP contribution in [0.3, 0.4) is 0 Å². The van der Waals surface area contributed by atoms with Crippen LogP contribution in [-0.2, 0) is 11.2 Å². The average molecular weight is 220 g/mol. The lowest BCUT2D eigenvalue weighted by Gasteiger charge is -2.05. The molecule has 0 radical (unpaired) electrons. The van der Waals surface area contributed by atoms with Gasteiger partial charge in [-0.1, -0.05) is 29.8 Å². The molecule has 76 valence electrons. The third-order valence-corrected chi connectivity index (χ3v) is 2.70. The van der Waals surface area contributed by atoms with E-state index in [9.17, 15) is 4.79 Å². The zero-order valence-corrected chi connectivity index (χ0v) is 9.08. The quantitative estimate of drug-likeness (QED) is 0.574. The number of pyridine rings is 1. The van der Waals surface area contributed by atoms with Crippen LogP contribution in [0, 0.1) is 6.92 Å². The van der Waals surface area contributed by atoms with Crippen molar-refractivity contribution in [1.29, 1.82) is 0 Å². The Bertz CT molecular complexity index is 522. The number of fused-ring (bicyclic) bond motifs is 1. The van der Waals surface area contributed by atoms with Crippen molar-refractivity contribution in [3.63, 3.8) is 0 Å². The summed E-state index contributed by atoms with van der Waals surface area (Å²) >= 11 is 5.98. The summed E-state index contributed by atoms with van der Waals surface area (Å²) in [7, 11) is 0. The Morgan fingerprint density at radius 1 is 1.47 bits per heavy atom. The van der Waals surface area contributed by atoms with Crippen LogP contribution in [0.25, 0.3) is 10.9 Å². The van der Waals surface area contributed by atoms with Crippen molar-refractivity contribution in [1.82, 2.24) is 4.98 Å². The van der Waals surface area contributed by atoms with Crippen LogP contribution < -0.4 is 0 Å². The molecule has 0 aliphatic rings. The van der Waals surface area contributed by atoms with E-state index in [4.69, 9.17) is 11.6 Å². The summed E-state index contributed by atoms with van der Waals surface area (Å²) in [6.45, 7) is 1.99. The van der Waals surface area contributed by atoms with Gasteiger partial charge in [-0.25, -0.2) is 4.98 Å². The van der Waals surface area contributed by atoms with Crippen LogP contribution in [0.1, 0.15) is 11.1 Å². The van der Waals surface area contributed by atoms with Crippen molar-refractivity contribution in [2.45, 2.75) is 13.3 Å². The number of aldehydes is 1. The fourth-order valence-corrected chi connectivity index (χ4v) is 1.82. The van der Waals surface area contributed by atoms with Crippen molar-refractivity contribution in [2.24, 2.45) is 0 Å². The summed E-state index contributed by atoms with van der Waals surface area (Å²) in [4.78, 5) is 14.7. The first-order chi connectivity index (χ1) is 7.22. The number of halogens is 1. The van der Waals surface area contributed by atoms with Gasteiger partial charge in [0.2, 0.25) is 0 Å². The number of rotatable bonds is 2. The number of aryl methyl sites for hydroxylation is 1. The molecule has 0 aliphatic carbocycles. The molecule has 0 fully saturated rings. The van der Waals surface area contributed by atoms with Crippen LogP contribution in [0.5, 0.6) is 0 Å². The highest BCUT2D eigenvalue weighted by Gasteiger charge is 2.05. The molecule has 2 nitrogen and oxygen atoms in total. The number of aromatic nitrogens is 1. The van der Waals surface area contributed by atoms with Crippen molar-refractivity contribution >= 4 is 28.8 Å². The molecule has 0 spiro atoms. The Morgan fingerprint density at radius 2 is 2.27 bits per heavy atom. The number of benzene rings is 1. The van der Waals surface area contributed by atoms with Crippen LogP contribution in [0.15, 0.2) is 24.3 Å². The van der Waals surface area contributed by atoms with E-state index < -0.39 is 0 Å². The molecule has 0 saturated heterocycles. The number of hydrogen-bond acceptors (Lipinski definition) is 2. The average Bonchev–Trinajstić information content (AvgIpc) is 2.21. The molecule has 1 heterocycles. The Kier molecular flexibility index (Phi) is 2.69. The molecule has 3 heteroatoms. The van der Waals surface area contributed by atoms with Crippen molar-refractivity contribution < 1.29 is 4.79 Å². The van der Waals surface area contributed by atoms with E-state index in [2.05, 4.69) is 4.98 Å². The lowest BCUT2D eigenvalue weighted by molar-refractivity contribution is -0.107. The van der Waals surface area contributed by atoms with E-state index in [0.717, 1.165) is 28.3 Å². The lowest BCUT2D eigenvalue weighted by atomic mass is 10.1. The third kappa shape index (κ3) is 1.85. The Labute approximate surface area is 92.9 Å². The van der Waals surface area contributed by atoms with Crippen LogP contribution >= 0.6 is 11.6 Å². The van der Waals surface area contributed by atoms with Gasteiger partial charge in [-0.3, -0.25) is 0 Å². The normalized spacial score (nSPS) is 10.5. The monoisotopic (exact) mass is 219 g/mol. The van der Waals surface area contributed by atoms with E-state index in [1.54, 1.807) is 0 Å². The summed E-state index contributed by atoms with van der Waals surface area (Å²) in [5.74, 6) is 0. The number of nitrogens with zero attached hydrogens (tertiary/aromatic N) is 1. The molecule has 0 amide bonds. The van der Waals surface area contributed by atoms with Crippen molar-refractivity contribution in [3.8, 4) is 0 Å². The van der Waals surface area contributed by atoms with Gasteiger partial charge in [0.1, 0.15) is 11.4 Å². The van der Waals surface area contributed by atoms with E-state index in [1.807, 2.05) is 31.2 Å². The summed E-state index contributed by atoms with van der Waals surface area (Å²) in [6.07, 6.45) is 1.15. The first-order valence-corrected chi connectivity index (χ1v) is 5.08. The first-order valence-electron chi connectivity index (χ1n) is 4.71. The third-order valence-electron chi connectivity index (χ3n) is 2.38. The van der Waals surface area contributed by atoms with Crippen molar-refractivity contribution in [3.05, 3.63) is 40.5 Å². The van der Waals surface area contributed by atoms with E-state index in [0.29, 0.717) is 11.6 Å². The van der Waals surface area contributed by atoms with Gasteiger partial charge in [-0.05, 0) is 24.1 Å². The van der Waals surface area contributed by atoms with Gasteiger partial charge in [0, 0.05) is 11.8 Å². The topological polar surface area (TPSA) is 30.0 Å². The highest BCUT2D eigenvalue weighted by Crippen LogP contribution is 2.22. The van der Waals surface area contributed by atoms with Gasteiger partial charge in [0.05, 0.1) is 5.52 Å². The molecule has 0 N–H and O–H groups in total. The molecular formula is C12H10ClNO. The molecule has 0 atom stereocenters. The Morgan fingerprint density at radius 3 is 3.00 bits per heavy atom. The van der Waals surface area contributed by atoms with Gasteiger partial charge in [0.15, 0.2) is 0 Å². The largest absolute Gasteiger partial charge is 0.303 e. The predicted molar refractivity (Wildman–Crippen MR) is 61.3 cm³/mol. The van der Waals surface area contributed by atoms with Gasteiger partial charge in [-0.15, -0.1) is 0 Å². The predicted octanol–water partition coefficient (Wildman–Crippen LogP) is 2.94. The standard InChI is InChI=1S/C12H10ClNO/c1-8-3-2-4-9-7-10(5-6-15)12(13)14-11(8)9/h2-4,6-7H,5H2,1H3. The summed E-state index contributed by atoms with van der Waals surface area (Å²) in [5, 5.41) is 1.44. The highest BCUT2D eigenvalue weighted by molar-refractivity contribution is 6.30. The molecule has 15 heavy (non-hydrogen) atoms. The molecule has 0 aliphatic heterocycles. The van der Waals surface area contributed by atoms with E-state index in [1.165, 1.54) is 0 Å². The van der Waals surface area contributed by atoms with Gasteiger partial charge in [0.25, 0.3) is 0 Å².